The van der Waals surface area contributed by atoms with E-state index in [1.54, 1.807) is 0 Å². The van der Waals surface area contributed by atoms with Crippen molar-refractivity contribution >= 4 is 16.2 Å². The highest BCUT2D eigenvalue weighted by molar-refractivity contribution is 7.89. The van der Waals surface area contributed by atoms with E-state index in [0.29, 0.717) is 11.5 Å². The van der Waals surface area contributed by atoms with Crippen molar-refractivity contribution in [3.63, 3.8) is 0 Å². The fraction of sp³-hybridized carbons (Fsp3) is 0.235. The lowest BCUT2D eigenvalue weighted by atomic mass is 10.1. The Kier molecular flexibility index (Phi) is 5.81. The summed E-state index contributed by atoms with van der Waals surface area (Å²) in [5, 5.41) is 3.81. The molecule has 0 spiro atoms. The standard InChI is InChI=1S/C17H20N2O4S/c1-4-13-5-7-14(8-6-13)12-18-19-24(20,21)15-9-10-16(22-2)17(11-15)23-3/h5-12,19H,4H2,1-3H3/b18-12+. The molecule has 0 unspecified atom stereocenters. The van der Waals surface area contributed by atoms with Gasteiger partial charge in [-0.25, -0.2) is 4.83 Å². The molecule has 2 aromatic rings. The molecule has 2 rings (SSSR count). The summed E-state index contributed by atoms with van der Waals surface area (Å²) in [6.07, 6.45) is 2.40. The highest BCUT2D eigenvalue weighted by atomic mass is 32.2. The third-order valence-corrected chi connectivity index (χ3v) is 4.66. The molecule has 0 saturated heterocycles. The first-order valence-electron chi connectivity index (χ1n) is 7.36. The molecule has 0 fully saturated rings. The molecule has 0 aliphatic carbocycles. The van der Waals surface area contributed by atoms with E-state index < -0.39 is 10.0 Å². The first-order valence-corrected chi connectivity index (χ1v) is 8.84. The van der Waals surface area contributed by atoms with E-state index in [0.717, 1.165) is 12.0 Å². The van der Waals surface area contributed by atoms with Crippen LogP contribution in [0.1, 0.15) is 18.1 Å². The number of benzene rings is 2. The fourth-order valence-corrected chi connectivity index (χ4v) is 2.85. The predicted octanol–water partition coefficient (Wildman–Crippen LogP) is 2.58. The summed E-state index contributed by atoms with van der Waals surface area (Å²) in [7, 11) is -0.856. The Morgan fingerprint density at radius 1 is 1.04 bits per heavy atom. The van der Waals surface area contributed by atoms with Crippen LogP contribution in [-0.4, -0.2) is 28.9 Å². The molecule has 7 heteroatoms. The van der Waals surface area contributed by atoms with Gasteiger partial charge in [0.1, 0.15) is 0 Å². The van der Waals surface area contributed by atoms with Crippen molar-refractivity contribution in [1.29, 1.82) is 0 Å². The van der Waals surface area contributed by atoms with Crippen LogP contribution < -0.4 is 14.3 Å². The number of rotatable bonds is 7. The first kappa shape index (κ1) is 17.8. The summed E-state index contributed by atoms with van der Waals surface area (Å²) >= 11 is 0. The molecule has 0 atom stereocenters. The average molecular weight is 348 g/mol. The van der Waals surface area contributed by atoms with Crippen LogP contribution in [0.25, 0.3) is 0 Å². The molecule has 0 heterocycles. The lowest BCUT2D eigenvalue weighted by Gasteiger charge is -2.09. The van der Waals surface area contributed by atoms with Gasteiger partial charge < -0.3 is 9.47 Å². The minimum absolute atomic E-state index is 0.0404. The number of hydrogen-bond donors (Lipinski definition) is 1. The molecular weight excluding hydrogens is 328 g/mol. The second-order valence-electron chi connectivity index (χ2n) is 4.96. The average Bonchev–Trinajstić information content (AvgIpc) is 2.61. The molecule has 24 heavy (non-hydrogen) atoms. The molecule has 1 N–H and O–H groups in total. The molecule has 6 nitrogen and oxygen atoms in total. The molecule has 0 aliphatic rings. The van der Waals surface area contributed by atoms with Gasteiger partial charge in [0, 0.05) is 6.07 Å². The monoisotopic (exact) mass is 348 g/mol. The number of nitrogens with zero attached hydrogens (tertiary/aromatic N) is 1. The Balaban J connectivity index is 2.14. The van der Waals surface area contributed by atoms with Gasteiger partial charge in [0.15, 0.2) is 11.5 Å². The minimum Gasteiger partial charge on any atom is -0.493 e. The molecule has 0 aliphatic heterocycles. The van der Waals surface area contributed by atoms with Crippen LogP contribution in [-0.2, 0) is 16.4 Å². The number of hydrazone groups is 1. The summed E-state index contributed by atoms with van der Waals surface area (Å²) in [4.78, 5) is 2.23. The molecular formula is C17H20N2O4S. The number of ether oxygens (including phenoxy) is 2. The lowest BCUT2D eigenvalue weighted by molar-refractivity contribution is 0.354. The summed E-state index contributed by atoms with van der Waals surface area (Å²) < 4.78 is 34.7. The Morgan fingerprint density at radius 3 is 2.29 bits per heavy atom. The fourth-order valence-electron chi connectivity index (χ4n) is 2.05. The number of nitrogens with one attached hydrogen (secondary N) is 1. The van der Waals surface area contributed by atoms with Crippen molar-refractivity contribution in [2.75, 3.05) is 14.2 Å². The van der Waals surface area contributed by atoms with Crippen LogP contribution in [0.3, 0.4) is 0 Å². The number of aryl methyl sites for hydroxylation is 1. The predicted molar refractivity (Wildman–Crippen MR) is 93.3 cm³/mol. The summed E-state index contributed by atoms with van der Waals surface area (Å²) in [5.74, 6) is 0.787. The molecule has 128 valence electrons. The highest BCUT2D eigenvalue weighted by Gasteiger charge is 2.16. The van der Waals surface area contributed by atoms with E-state index in [1.807, 2.05) is 24.3 Å². The Morgan fingerprint density at radius 2 is 1.71 bits per heavy atom. The molecule has 0 saturated carbocycles. The first-order chi connectivity index (χ1) is 11.5. The van der Waals surface area contributed by atoms with Crippen LogP contribution in [0.4, 0.5) is 0 Å². The van der Waals surface area contributed by atoms with Gasteiger partial charge in [-0.15, -0.1) is 0 Å². The molecule has 0 bridgehead atoms. The van der Waals surface area contributed by atoms with Gasteiger partial charge in [-0.2, -0.15) is 13.5 Å². The van der Waals surface area contributed by atoms with Crippen molar-refractivity contribution in [2.24, 2.45) is 5.10 Å². The van der Waals surface area contributed by atoms with Crippen molar-refractivity contribution in [2.45, 2.75) is 18.2 Å². The zero-order chi connectivity index (χ0) is 17.6. The van der Waals surface area contributed by atoms with E-state index in [1.165, 1.54) is 44.2 Å². The van der Waals surface area contributed by atoms with Crippen LogP contribution in [0, 0.1) is 0 Å². The number of sulfonamides is 1. The summed E-state index contributed by atoms with van der Waals surface area (Å²) in [6.45, 7) is 2.07. The molecule has 0 aromatic heterocycles. The van der Waals surface area contributed by atoms with Gasteiger partial charge in [0.2, 0.25) is 0 Å². The summed E-state index contributed by atoms with van der Waals surface area (Å²) in [5.41, 5.74) is 2.01. The normalized spacial score (nSPS) is 11.5. The molecule has 0 amide bonds. The van der Waals surface area contributed by atoms with Gasteiger partial charge in [-0.1, -0.05) is 31.2 Å². The Labute approximate surface area is 142 Å². The maximum Gasteiger partial charge on any atom is 0.276 e. The minimum atomic E-state index is -3.78. The Hall–Kier alpha value is -2.54. The highest BCUT2D eigenvalue weighted by Crippen LogP contribution is 2.29. The number of hydrogen-bond acceptors (Lipinski definition) is 5. The van der Waals surface area contributed by atoms with Gasteiger partial charge in [-0.3, -0.25) is 0 Å². The van der Waals surface area contributed by atoms with E-state index in [9.17, 15) is 8.42 Å². The lowest BCUT2D eigenvalue weighted by Crippen LogP contribution is -2.18. The summed E-state index contributed by atoms with van der Waals surface area (Å²) in [6, 6.07) is 12.1. The van der Waals surface area contributed by atoms with E-state index >= 15 is 0 Å². The maximum absolute atomic E-state index is 12.3. The van der Waals surface area contributed by atoms with Gasteiger partial charge in [-0.05, 0) is 29.7 Å². The van der Waals surface area contributed by atoms with Crippen molar-refractivity contribution in [3.8, 4) is 11.5 Å². The van der Waals surface area contributed by atoms with Crippen molar-refractivity contribution in [3.05, 3.63) is 53.6 Å². The third-order valence-electron chi connectivity index (χ3n) is 3.44. The van der Waals surface area contributed by atoms with Crippen molar-refractivity contribution < 1.29 is 17.9 Å². The number of methoxy groups -OCH3 is 2. The van der Waals surface area contributed by atoms with E-state index in [4.69, 9.17) is 9.47 Å². The Bertz CT molecular complexity index is 815. The largest absolute Gasteiger partial charge is 0.493 e. The van der Waals surface area contributed by atoms with Crippen LogP contribution in [0.2, 0.25) is 0 Å². The van der Waals surface area contributed by atoms with Crippen LogP contribution >= 0.6 is 0 Å². The molecule has 2 aromatic carbocycles. The topological polar surface area (TPSA) is 77.0 Å². The smallest absolute Gasteiger partial charge is 0.276 e. The molecule has 0 radical (unpaired) electrons. The van der Waals surface area contributed by atoms with Crippen LogP contribution in [0.15, 0.2) is 52.5 Å². The third kappa shape index (κ3) is 4.26. The van der Waals surface area contributed by atoms with E-state index in [2.05, 4.69) is 16.9 Å². The second-order valence-corrected chi connectivity index (χ2v) is 6.63. The quantitative estimate of drug-likeness (QED) is 0.616. The van der Waals surface area contributed by atoms with Crippen LogP contribution in [0.5, 0.6) is 11.5 Å². The van der Waals surface area contributed by atoms with E-state index in [-0.39, 0.29) is 4.90 Å². The zero-order valence-corrected chi connectivity index (χ0v) is 14.6. The van der Waals surface area contributed by atoms with Gasteiger partial charge in [0.25, 0.3) is 10.0 Å². The van der Waals surface area contributed by atoms with Crippen molar-refractivity contribution in [1.82, 2.24) is 4.83 Å². The van der Waals surface area contributed by atoms with Gasteiger partial charge >= 0.3 is 0 Å². The maximum atomic E-state index is 12.3. The second kappa shape index (κ2) is 7.83. The zero-order valence-electron chi connectivity index (χ0n) is 13.8. The SMILES string of the molecule is CCc1ccc(/C=N/NS(=O)(=O)c2ccc(OC)c(OC)c2)cc1. The van der Waals surface area contributed by atoms with Gasteiger partial charge in [0.05, 0.1) is 25.3 Å².